The molecule has 0 aliphatic carbocycles. The molecule has 1 heterocycles. The molecule has 1 aromatic heterocycles. The van der Waals surface area contributed by atoms with Crippen molar-refractivity contribution in [3.63, 3.8) is 0 Å². The van der Waals surface area contributed by atoms with Crippen molar-refractivity contribution in [2.75, 3.05) is 0 Å². The van der Waals surface area contributed by atoms with Gasteiger partial charge >= 0.3 is 0 Å². The number of benzene rings is 1. The van der Waals surface area contributed by atoms with Crippen LogP contribution in [-0.2, 0) is 6.42 Å². The lowest BCUT2D eigenvalue weighted by Gasteiger charge is -2.09. The maximum absolute atomic E-state index is 12.1. The Bertz CT molecular complexity index is 686. The first-order valence-electron chi connectivity index (χ1n) is 6.41. The SMILES string of the molecule is CCCCc1cc(C)c2[nH]cc(C(=O)[O-])c(=O)c2c1. The molecular weight excluding hydrogens is 242 g/mol. The van der Waals surface area contributed by atoms with E-state index in [1.165, 1.54) is 6.20 Å². The zero-order chi connectivity index (χ0) is 14.0. The highest BCUT2D eigenvalue weighted by atomic mass is 16.4. The number of H-pyrrole nitrogens is 1. The zero-order valence-electron chi connectivity index (χ0n) is 11.1. The lowest BCUT2D eigenvalue weighted by Crippen LogP contribution is -2.29. The van der Waals surface area contributed by atoms with E-state index in [2.05, 4.69) is 11.9 Å². The van der Waals surface area contributed by atoms with Crippen LogP contribution in [0.3, 0.4) is 0 Å². The number of carbonyl (C=O) groups is 1. The highest BCUT2D eigenvalue weighted by Crippen LogP contribution is 2.18. The first kappa shape index (κ1) is 13.3. The third kappa shape index (κ3) is 2.52. The van der Waals surface area contributed by atoms with Crippen molar-refractivity contribution in [1.82, 2.24) is 4.98 Å². The Kier molecular flexibility index (Phi) is 3.69. The molecule has 0 aliphatic rings. The Morgan fingerprint density at radius 2 is 2.11 bits per heavy atom. The maximum Gasteiger partial charge on any atom is 0.198 e. The van der Waals surface area contributed by atoms with Crippen LogP contribution in [0.25, 0.3) is 10.9 Å². The normalized spacial score (nSPS) is 10.8. The number of nitrogens with one attached hydrogen (secondary N) is 1. The fraction of sp³-hybridized carbons (Fsp3) is 0.333. The lowest BCUT2D eigenvalue weighted by molar-refractivity contribution is -0.255. The number of unbranched alkanes of at least 4 members (excludes halogenated alkanes) is 1. The summed E-state index contributed by atoms with van der Waals surface area (Å²) in [6.07, 6.45) is 4.22. The molecule has 2 aromatic rings. The standard InChI is InChI=1S/C15H17NO3/c1-3-4-5-10-6-9(2)13-11(7-10)14(17)12(8-16-13)15(18)19/h6-8H,3-5H2,1-2H3,(H,16,17)(H,18,19)/p-1. The van der Waals surface area contributed by atoms with Crippen LogP contribution in [0.4, 0.5) is 0 Å². The molecular formula is C15H16NO3-. The van der Waals surface area contributed by atoms with Crippen LogP contribution in [0.1, 0.15) is 41.3 Å². The van der Waals surface area contributed by atoms with Crippen LogP contribution in [0.5, 0.6) is 0 Å². The molecule has 0 radical (unpaired) electrons. The molecule has 0 spiro atoms. The molecule has 4 heteroatoms. The van der Waals surface area contributed by atoms with E-state index in [4.69, 9.17) is 0 Å². The first-order valence-corrected chi connectivity index (χ1v) is 6.41. The van der Waals surface area contributed by atoms with Gasteiger partial charge in [0.2, 0.25) is 0 Å². The third-order valence-electron chi connectivity index (χ3n) is 3.28. The Balaban J connectivity index is 2.66. The molecule has 1 aromatic carbocycles. The number of aryl methyl sites for hydroxylation is 2. The molecule has 4 nitrogen and oxygen atoms in total. The summed E-state index contributed by atoms with van der Waals surface area (Å²) in [5, 5.41) is 11.3. The summed E-state index contributed by atoms with van der Waals surface area (Å²) in [5.74, 6) is -1.44. The minimum Gasteiger partial charge on any atom is -0.545 e. The van der Waals surface area contributed by atoms with E-state index in [1.807, 2.05) is 13.0 Å². The molecule has 0 saturated heterocycles. The van der Waals surface area contributed by atoms with Crippen molar-refractivity contribution < 1.29 is 9.90 Å². The zero-order valence-corrected chi connectivity index (χ0v) is 11.1. The molecule has 19 heavy (non-hydrogen) atoms. The van der Waals surface area contributed by atoms with E-state index < -0.39 is 11.4 Å². The number of pyridine rings is 1. The molecule has 0 aliphatic heterocycles. The van der Waals surface area contributed by atoms with Crippen molar-refractivity contribution in [2.24, 2.45) is 0 Å². The van der Waals surface area contributed by atoms with Crippen LogP contribution in [0, 0.1) is 6.92 Å². The number of carbonyl (C=O) groups excluding carboxylic acids is 1. The number of aromatic amines is 1. The average molecular weight is 258 g/mol. The van der Waals surface area contributed by atoms with Gasteiger partial charge in [-0.1, -0.05) is 19.4 Å². The summed E-state index contributed by atoms with van der Waals surface area (Å²) >= 11 is 0. The number of rotatable bonds is 4. The van der Waals surface area contributed by atoms with Gasteiger partial charge in [-0.15, -0.1) is 0 Å². The topological polar surface area (TPSA) is 73.0 Å². The van der Waals surface area contributed by atoms with Crippen LogP contribution in [0.15, 0.2) is 23.1 Å². The van der Waals surface area contributed by atoms with Gasteiger partial charge in [-0.25, -0.2) is 0 Å². The Hall–Kier alpha value is -2.10. The number of aromatic carboxylic acids is 1. The maximum atomic E-state index is 12.1. The molecule has 1 N–H and O–H groups in total. The van der Waals surface area contributed by atoms with Crippen molar-refractivity contribution in [1.29, 1.82) is 0 Å². The fourth-order valence-electron chi connectivity index (χ4n) is 2.26. The highest BCUT2D eigenvalue weighted by Gasteiger charge is 2.09. The van der Waals surface area contributed by atoms with Crippen LogP contribution in [-0.4, -0.2) is 11.0 Å². The van der Waals surface area contributed by atoms with E-state index in [1.54, 1.807) is 6.07 Å². The van der Waals surface area contributed by atoms with Crippen LogP contribution < -0.4 is 10.5 Å². The fourth-order valence-corrected chi connectivity index (χ4v) is 2.26. The van der Waals surface area contributed by atoms with Crippen LogP contribution >= 0.6 is 0 Å². The second-order valence-corrected chi connectivity index (χ2v) is 4.76. The Labute approximate surface area is 111 Å². The summed E-state index contributed by atoms with van der Waals surface area (Å²) in [6, 6.07) is 3.82. The van der Waals surface area contributed by atoms with Crippen molar-refractivity contribution >= 4 is 16.9 Å². The van der Waals surface area contributed by atoms with Crippen molar-refractivity contribution in [3.8, 4) is 0 Å². The summed E-state index contributed by atoms with van der Waals surface area (Å²) in [4.78, 5) is 25.9. The van der Waals surface area contributed by atoms with E-state index in [9.17, 15) is 14.7 Å². The van der Waals surface area contributed by atoms with Gasteiger partial charge in [0, 0.05) is 11.6 Å². The number of carboxylic acids is 1. The quantitative estimate of drug-likeness (QED) is 0.904. The highest BCUT2D eigenvalue weighted by molar-refractivity contribution is 5.92. The number of hydrogen-bond acceptors (Lipinski definition) is 3. The second kappa shape index (κ2) is 5.26. The van der Waals surface area contributed by atoms with Crippen LogP contribution in [0.2, 0.25) is 0 Å². The van der Waals surface area contributed by atoms with Gasteiger partial charge in [0.05, 0.1) is 17.0 Å². The summed E-state index contributed by atoms with van der Waals surface area (Å²) in [7, 11) is 0. The number of aromatic nitrogens is 1. The molecule has 2 rings (SSSR count). The molecule has 0 amide bonds. The summed E-state index contributed by atoms with van der Waals surface area (Å²) in [6.45, 7) is 4.02. The number of hydrogen-bond donors (Lipinski definition) is 1. The molecule has 0 saturated carbocycles. The summed E-state index contributed by atoms with van der Waals surface area (Å²) in [5.41, 5.74) is 1.91. The Morgan fingerprint density at radius 1 is 1.37 bits per heavy atom. The largest absolute Gasteiger partial charge is 0.545 e. The molecule has 0 bridgehead atoms. The van der Waals surface area contributed by atoms with E-state index in [0.29, 0.717) is 10.9 Å². The predicted octanol–water partition coefficient (Wildman–Crippen LogP) is 1.54. The molecule has 0 unspecified atom stereocenters. The van der Waals surface area contributed by atoms with Gasteiger partial charge in [-0.2, -0.15) is 0 Å². The van der Waals surface area contributed by atoms with Gasteiger partial charge < -0.3 is 14.9 Å². The molecule has 0 atom stereocenters. The van der Waals surface area contributed by atoms with Crippen molar-refractivity contribution in [3.05, 3.63) is 45.2 Å². The third-order valence-corrected chi connectivity index (χ3v) is 3.28. The Morgan fingerprint density at radius 3 is 2.74 bits per heavy atom. The molecule has 100 valence electrons. The van der Waals surface area contributed by atoms with Gasteiger partial charge in [0.15, 0.2) is 5.43 Å². The van der Waals surface area contributed by atoms with E-state index in [0.717, 1.165) is 30.4 Å². The number of carboxylic acid groups (broad SMARTS) is 1. The lowest BCUT2D eigenvalue weighted by atomic mass is 10.0. The van der Waals surface area contributed by atoms with Crippen molar-refractivity contribution in [2.45, 2.75) is 33.1 Å². The monoisotopic (exact) mass is 258 g/mol. The van der Waals surface area contributed by atoms with Gasteiger partial charge in [0.25, 0.3) is 0 Å². The number of fused-ring (bicyclic) bond motifs is 1. The summed E-state index contributed by atoms with van der Waals surface area (Å²) < 4.78 is 0. The predicted molar refractivity (Wildman–Crippen MR) is 72.2 cm³/mol. The molecule has 0 fully saturated rings. The van der Waals surface area contributed by atoms with Gasteiger partial charge in [-0.05, 0) is 37.0 Å². The average Bonchev–Trinajstić information content (AvgIpc) is 2.37. The second-order valence-electron chi connectivity index (χ2n) is 4.76. The smallest absolute Gasteiger partial charge is 0.198 e. The van der Waals surface area contributed by atoms with Gasteiger partial charge in [-0.3, -0.25) is 4.79 Å². The van der Waals surface area contributed by atoms with E-state index >= 15 is 0 Å². The van der Waals surface area contributed by atoms with Gasteiger partial charge in [0.1, 0.15) is 0 Å². The first-order chi connectivity index (χ1) is 9.04. The minimum absolute atomic E-state index is 0.320. The van der Waals surface area contributed by atoms with E-state index in [-0.39, 0.29) is 5.56 Å². The minimum atomic E-state index is -1.44.